The minimum Gasteiger partial charge on any atom is -0.383 e. The third-order valence-electron chi connectivity index (χ3n) is 4.39. The molecule has 1 N–H and O–H groups in total. The van der Waals surface area contributed by atoms with Gasteiger partial charge in [0.05, 0.1) is 18.5 Å². The second-order valence-corrected chi connectivity index (χ2v) is 6.11. The molecule has 0 aliphatic carbocycles. The summed E-state index contributed by atoms with van der Waals surface area (Å²) in [6.45, 7) is 4.16. The number of fused-ring (bicyclic) bond motifs is 1. The number of nitrogens with zero attached hydrogens (tertiary/aromatic N) is 3. The number of anilines is 2. The topological polar surface area (TPSA) is 59.4 Å². The fourth-order valence-corrected chi connectivity index (χ4v) is 2.96. The SMILES string of the molecule is CCn1c(C(=O)Nc2ccc(N(C)CCOC)nc2)cc2ccccc21. The van der Waals surface area contributed by atoms with E-state index in [0.717, 1.165) is 29.8 Å². The standard InChI is InChI=1S/C20H24N4O2/c1-4-24-17-8-6-5-7-15(17)13-18(24)20(25)22-16-9-10-19(21-14-16)23(2)11-12-26-3/h5-10,13-14H,4,11-12H2,1-3H3,(H,22,25). The molecule has 136 valence electrons. The molecule has 1 aromatic carbocycles. The van der Waals surface area contributed by atoms with Crippen molar-refractivity contribution in [3.05, 3.63) is 54.4 Å². The number of para-hydroxylation sites is 1. The number of benzene rings is 1. The number of pyridine rings is 1. The Morgan fingerprint density at radius 2 is 2.08 bits per heavy atom. The van der Waals surface area contributed by atoms with Gasteiger partial charge in [0.2, 0.25) is 0 Å². The van der Waals surface area contributed by atoms with E-state index in [1.54, 1.807) is 13.3 Å². The second kappa shape index (κ2) is 8.01. The van der Waals surface area contributed by atoms with Crippen molar-refractivity contribution in [3.63, 3.8) is 0 Å². The molecular weight excluding hydrogens is 328 g/mol. The number of aromatic nitrogens is 2. The van der Waals surface area contributed by atoms with Gasteiger partial charge < -0.3 is 19.5 Å². The van der Waals surface area contributed by atoms with Gasteiger partial charge in [-0.15, -0.1) is 0 Å². The molecule has 2 heterocycles. The summed E-state index contributed by atoms with van der Waals surface area (Å²) in [5, 5.41) is 4.00. The van der Waals surface area contributed by atoms with Crippen LogP contribution >= 0.6 is 0 Å². The highest BCUT2D eigenvalue weighted by Crippen LogP contribution is 2.21. The summed E-state index contributed by atoms with van der Waals surface area (Å²) >= 11 is 0. The number of amides is 1. The van der Waals surface area contributed by atoms with Gasteiger partial charge in [-0.05, 0) is 31.2 Å². The van der Waals surface area contributed by atoms with E-state index in [-0.39, 0.29) is 5.91 Å². The number of hydrogen-bond acceptors (Lipinski definition) is 4. The second-order valence-electron chi connectivity index (χ2n) is 6.11. The van der Waals surface area contributed by atoms with Gasteiger partial charge >= 0.3 is 0 Å². The van der Waals surface area contributed by atoms with E-state index in [9.17, 15) is 4.79 Å². The number of aryl methyl sites for hydroxylation is 1. The van der Waals surface area contributed by atoms with Crippen molar-refractivity contribution in [1.82, 2.24) is 9.55 Å². The average molecular weight is 352 g/mol. The molecule has 0 atom stereocenters. The number of nitrogens with one attached hydrogen (secondary N) is 1. The first-order valence-corrected chi connectivity index (χ1v) is 8.69. The summed E-state index contributed by atoms with van der Waals surface area (Å²) in [5.41, 5.74) is 2.38. The van der Waals surface area contributed by atoms with Gasteiger partial charge in [-0.1, -0.05) is 18.2 Å². The van der Waals surface area contributed by atoms with Crippen molar-refractivity contribution in [1.29, 1.82) is 0 Å². The summed E-state index contributed by atoms with van der Waals surface area (Å²) < 4.78 is 7.10. The van der Waals surface area contributed by atoms with Crippen LogP contribution in [0.2, 0.25) is 0 Å². The highest BCUT2D eigenvalue weighted by molar-refractivity contribution is 6.06. The van der Waals surface area contributed by atoms with Gasteiger partial charge in [0, 0.05) is 38.1 Å². The number of likely N-dealkylation sites (N-methyl/N-ethyl adjacent to an activating group) is 1. The molecule has 1 amide bonds. The summed E-state index contributed by atoms with van der Waals surface area (Å²) in [5.74, 6) is 0.702. The maximum absolute atomic E-state index is 12.7. The van der Waals surface area contributed by atoms with Crippen molar-refractivity contribution >= 4 is 28.3 Å². The molecule has 0 aliphatic rings. The first-order chi connectivity index (χ1) is 12.6. The van der Waals surface area contributed by atoms with Crippen molar-refractivity contribution < 1.29 is 9.53 Å². The van der Waals surface area contributed by atoms with Crippen LogP contribution in [0.25, 0.3) is 10.9 Å². The molecule has 3 rings (SSSR count). The van der Waals surface area contributed by atoms with Crippen LogP contribution in [0.5, 0.6) is 0 Å². The number of hydrogen-bond donors (Lipinski definition) is 1. The Labute approximate surface area is 153 Å². The van der Waals surface area contributed by atoms with Crippen LogP contribution < -0.4 is 10.2 Å². The highest BCUT2D eigenvalue weighted by Gasteiger charge is 2.15. The minimum atomic E-state index is -0.134. The Balaban J connectivity index is 1.76. The van der Waals surface area contributed by atoms with Crippen LogP contribution in [-0.2, 0) is 11.3 Å². The van der Waals surface area contributed by atoms with Gasteiger partial charge in [-0.2, -0.15) is 0 Å². The molecule has 6 nitrogen and oxygen atoms in total. The fourth-order valence-electron chi connectivity index (χ4n) is 2.96. The largest absolute Gasteiger partial charge is 0.383 e. The number of ether oxygens (including phenoxy) is 1. The van der Waals surface area contributed by atoms with Crippen LogP contribution in [0.3, 0.4) is 0 Å². The van der Waals surface area contributed by atoms with Crippen LogP contribution in [0.4, 0.5) is 11.5 Å². The number of rotatable bonds is 7. The van der Waals surface area contributed by atoms with Crippen LogP contribution in [0.15, 0.2) is 48.7 Å². The summed E-state index contributed by atoms with van der Waals surface area (Å²) in [4.78, 5) is 19.2. The first kappa shape index (κ1) is 17.9. The molecular formula is C20H24N4O2. The predicted octanol–water partition coefficient (Wildman–Crippen LogP) is 3.39. The number of carbonyl (C=O) groups excluding carboxylic acids is 1. The Morgan fingerprint density at radius 1 is 1.27 bits per heavy atom. The number of carbonyl (C=O) groups is 1. The average Bonchev–Trinajstić information content (AvgIpc) is 3.05. The van der Waals surface area contributed by atoms with E-state index in [4.69, 9.17) is 4.74 Å². The maximum Gasteiger partial charge on any atom is 0.272 e. The van der Waals surface area contributed by atoms with Crippen LogP contribution in [0.1, 0.15) is 17.4 Å². The van der Waals surface area contributed by atoms with E-state index in [1.807, 2.05) is 65.9 Å². The number of methoxy groups -OCH3 is 1. The van der Waals surface area contributed by atoms with E-state index >= 15 is 0 Å². The first-order valence-electron chi connectivity index (χ1n) is 8.69. The van der Waals surface area contributed by atoms with E-state index in [0.29, 0.717) is 18.0 Å². The zero-order chi connectivity index (χ0) is 18.5. The summed E-state index contributed by atoms with van der Waals surface area (Å²) in [6, 6.07) is 13.7. The van der Waals surface area contributed by atoms with E-state index in [2.05, 4.69) is 10.3 Å². The molecule has 0 spiro atoms. The Morgan fingerprint density at radius 3 is 2.77 bits per heavy atom. The zero-order valence-electron chi connectivity index (χ0n) is 15.4. The van der Waals surface area contributed by atoms with Crippen molar-refractivity contribution in [2.24, 2.45) is 0 Å². The lowest BCUT2D eigenvalue weighted by molar-refractivity contribution is 0.101. The fraction of sp³-hybridized carbons (Fsp3) is 0.300. The Bertz CT molecular complexity index is 886. The lowest BCUT2D eigenvalue weighted by Crippen LogP contribution is -2.23. The quantitative estimate of drug-likeness (QED) is 0.708. The van der Waals surface area contributed by atoms with Gasteiger partial charge in [-0.25, -0.2) is 4.98 Å². The summed E-state index contributed by atoms with van der Waals surface area (Å²) in [6.07, 6.45) is 1.68. The maximum atomic E-state index is 12.7. The molecule has 0 radical (unpaired) electrons. The molecule has 0 aliphatic heterocycles. The lowest BCUT2D eigenvalue weighted by atomic mass is 10.2. The Hall–Kier alpha value is -2.86. The molecule has 0 unspecified atom stereocenters. The third kappa shape index (κ3) is 3.70. The normalized spacial score (nSPS) is 10.9. The summed E-state index contributed by atoms with van der Waals surface area (Å²) in [7, 11) is 3.63. The van der Waals surface area contributed by atoms with Gasteiger partial charge in [0.1, 0.15) is 11.5 Å². The molecule has 0 fully saturated rings. The molecule has 26 heavy (non-hydrogen) atoms. The lowest BCUT2D eigenvalue weighted by Gasteiger charge is -2.17. The Kier molecular flexibility index (Phi) is 5.53. The molecule has 6 heteroatoms. The van der Waals surface area contributed by atoms with Crippen LogP contribution in [0, 0.1) is 0 Å². The van der Waals surface area contributed by atoms with E-state index in [1.165, 1.54) is 0 Å². The minimum absolute atomic E-state index is 0.134. The molecule has 0 saturated carbocycles. The molecule has 0 bridgehead atoms. The highest BCUT2D eigenvalue weighted by atomic mass is 16.5. The monoisotopic (exact) mass is 352 g/mol. The van der Waals surface area contributed by atoms with Gasteiger partial charge in [0.25, 0.3) is 5.91 Å². The van der Waals surface area contributed by atoms with Gasteiger partial charge in [-0.3, -0.25) is 4.79 Å². The van der Waals surface area contributed by atoms with Gasteiger partial charge in [0.15, 0.2) is 0 Å². The van der Waals surface area contributed by atoms with Crippen LogP contribution in [-0.4, -0.2) is 42.8 Å². The predicted molar refractivity (Wildman–Crippen MR) is 105 cm³/mol. The van der Waals surface area contributed by atoms with Crippen molar-refractivity contribution in [3.8, 4) is 0 Å². The van der Waals surface area contributed by atoms with Crippen molar-refractivity contribution in [2.75, 3.05) is 37.5 Å². The third-order valence-corrected chi connectivity index (χ3v) is 4.39. The zero-order valence-corrected chi connectivity index (χ0v) is 15.4. The molecule has 0 saturated heterocycles. The van der Waals surface area contributed by atoms with Crippen molar-refractivity contribution in [2.45, 2.75) is 13.5 Å². The smallest absolute Gasteiger partial charge is 0.272 e. The molecule has 3 aromatic rings. The molecule has 2 aromatic heterocycles. The van der Waals surface area contributed by atoms with E-state index < -0.39 is 0 Å².